The fourth-order valence-corrected chi connectivity index (χ4v) is 1.01. The third-order valence-electron chi connectivity index (χ3n) is 1.37. The van der Waals surface area contributed by atoms with Gasteiger partial charge in [-0.15, -0.1) is 0 Å². The molecule has 0 bridgehead atoms. The number of likely N-dealkylation sites (N-methyl/N-ethyl adjacent to an activating group) is 1. The third kappa shape index (κ3) is 8.82. The molecule has 1 N–H and O–H groups in total. The molecule has 1 unspecified atom stereocenters. The van der Waals surface area contributed by atoms with E-state index in [-0.39, 0.29) is 35.5 Å². The van der Waals surface area contributed by atoms with E-state index in [0.29, 0.717) is 4.90 Å². The quantitative estimate of drug-likeness (QED) is 0.369. The van der Waals surface area contributed by atoms with Gasteiger partial charge < -0.3 is 9.87 Å². The molecule has 0 fully saturated rings. The van der Waals surface area contributed by atoms with Crippen LogP contribution in [0.3, 0.4) is 0 Å². The van der Waals surface area contributed by atoms with E-state index in [4.69, 9.17) is 0 Å². The van der Waals surface area contributed by atoms with Gasteiger partial charge in [-0.3, -0.25) is 9.00 Å². The normalized spacial score (nSPS) is 9.88. The van der Waals surface area contributed by atoms with E-state index < -0.39 is 11.1 Å². The number of rotatable bonds is 2. The predicted octanol–water partition coefficient (Wildman–Crippen LogP) is -2.15. The summed E-state index contributed by atoms with van der Waals surface area (Å²) in [5.74, 6) is -0.144. The van der Waals surface area contributed by atoms with Crippen LogP contribution in [0.25, 0.3) is 0 Å². The Morgan fingerprint density at radius 1 is 1.44 bits per heavy atom. The van der Waals surface area contributed by atoms with Crippen molar-refractivity contribution in [2.45, 2.75) is 4.90 Å². The van der Waals surface area contributed by atoms with Gasteiger partial charge in [0, 0.05) is 11.9 Å². The van der Waals surface area contributed by atoms with E-state index in [2.05, 4.69) is 11.9 Å². The number of amides is 1. The number of hydrogen-bond donors (Lipinski definition) is 1. The van der Waals surface area contributed by atoms with Crippen LogP contribution in [0.5, 0.6) is 0 Å². The maximum atomic E-state index is 10.2. The number of carbonyl (C=O) groups is 1. The summed E-state index contributed by atoms with van der Waals surface area (Å²) >= 11 is -2.08. The molecule has 1 rings (SSSR count). The van der Waals surface area contributed by atoms with Gasteiger partial charge in [0.25, 0.3) is 0 Å². The standard InChI is InChI=1S/C6H6O2S.C4H7NO.Na/c7-9(8)6-4-2-1-3-5-6;1-3-4(6)5-2;/h1-5H,(H,7,8);3H,1H2,2H3,(H,5,6);/q;;+1/p-1. The third-order valence-corrected chi connectivity index (χ3v) is 2.02. The fraction of sp³-hybridized carbons (Fsp3) is 0.100. The van der Waals surface area contributed by atoms with E-state index in [1.807, 2.05) is 0 Å². The first-order chi connectivity index (χ1) is 7.11. The first-order valence-electron chi connectivity index (χ1n) is 4.10. The maximum Gasteiger partial charge on any atom is 1.00 e. The minimum absolute atomic E-state index is 0. The second-order valence-corrected chi connectivity index (χ2v) is 3.31. The van der Waals surface area contributed by atoms with E-state index >= 15 is 0 Å². The second-order valence-electron chi connectivity index (χ2n) is 2.37. The van der Waals surface area contributed by atoms with Crippen molar-refractivity contribution in [3.8, 4) is 0 Å². The Morgan fingerprint density at radius 3 is 2.12 bits per heavy atom. The summed E-state index contributed by atoms with van der Waals surface area (Å²) in [6.07, 6.45) is 1.22. The van der Waals surface area contributed by atoms with Crippen molar-refractivity contribution in [2.24, 2.45) is 0 Å². The summed E-state index contributed by atoms with van der Waals surface area (Å²) in [5.41, 5.74) is 0. The first kappa shape index (κ1) is 17.9. The molecule has 0 aliphatic carbocycles. The molecule has 16 heavy (non-hydrogen) atoms. The van der Waals surface area contributed by atoms with Crippen LogP contribution in [0.4, 0.5) is 0 Å². The Bertz CT molecular complexity index is 343. The van der Waals surface area contributed by atoms with Crippen LogP contribution >= 0.6 is 0 Å². The van der Waals surface area contributed by atoms with Crippen molar-refractivity contribution in [3.63, 3.8) is 0 Å². The molecular weight excluding hydrogens is 237 g/mol. The molecule has 1 aromatic carbocycles. The Balaban J connectivity index is 0. The molecule has 0 aromatic heterocycles. The predicted molar refractivity (Wildman–Crippen MR) is 57.9 cm³/mol. The molecule has 0 aliphatic rings. The van der Waals surface area contributed by atoms with Crippen molar-refractivity contribution in [1.82, 2.24) is 5.32 Å². The van der Waals surface area contributed by atoms with E-state index in [1.54, 1.807) is 37.4 Å². The molecule has 0 aliphatic heterocycles. The molecule has 1 amide bonds. The number of carbonyl (C=O) groups excluding carboxylic acids is 1. The van der Waals surface area contributed by atoms with E-state index in [9.17, 15) is 13.6 Å². The van der Waals surface area contributed by atoms with Crippen LogP contribution in [0.15, 0.2) is 47.9 Å². The zero-order chi connectivity index (χ0) is 11.7. The van der Waals surface area contributed by atoms with Crippen molar-refractivity contribution in [1.29, 1.82) is 0 Å². The van der Waals surface area contributed by atoms with Crippen LogP contribution in [0.2, 0.25) is 0 Å². The van der Waals surface area contributed by atoms with Gasteiger partial charge in [0.2, 0.25) is 5.91 Å². The Morgan fingerprint density at radius 2 is 1.94 bits per heavy atom. The summed E-state index contributed by atoms with van der Waals surface area (Å²) in [5, 5.41) is 2.36. The second kappa shape index (κ2) is 11.0. The molecule has 1 atom stereocenters. The number of nitrogens with one attached hydrogen (secondary N) is 1. The van der Waals surface area contributed by atoms with Gasteiger partial charge in [-0.2, -0.15) is 0 Å². The van der Waals surface area contributed by atoms with Gasteiger partial charge in [0.15, 0.2) is 0 Å². The first-order valence-corrected chi connectivity index (χ1v) is 5.17. The van der Waals surface area contributed by atoms with Crippen LogP contribution in [-0.2, 0) is 15.9 Å². The Labute approximate surface area is 120 Å². The molecular formula is C10H12NNaO3S. The topological polar surface area (TPSA) is 69.2 Å². The molecule has 0 saturated heterocycles. The monoisotopic (exact) mass is 249 g/mol. The molecule has 82 valence electrons. The van der Waals surface area contributed by atoms with Crippen molar-refractivity contribution in [3.05, 3.63) is 43.0 Å². The van der Waals surface area contributed by atoms with Crippen LogP contribution in [-0.4, -0.2) is 21.7 Å². The van der Waals surface area contributed by atoms with Gasteiger partial charge in [0.05, 0.1) is 0 Å². The van der Waals surface area contributed by atoms with Crippen LogP contribution in [0, 0.1) is 0 Å². The minimum Gasteiger partial charge on any atom is -0.768 e. The van der Waals surface area contributed by atoms with Gasteiger partial charge >= 0.3 is 29.6 Å². The molecule has 0 saturated carbocycles. The zero-order valence-corrected chi connectivity index (χ0v) is 12.1. The van der Waals surface area contributed by atoms with Gasteiger partial charge in [-0.05, 0) is 29.3 Å². The Kier molecular flexibility index (Phi) is 12.4. The largest absolute Gasteiger partial charge is 1.00 e. The van der Waals surface area contributed by atoms with Gasteiger partial charge in [-0.1, -0.05) is 24.8 Å². The van der Waals surface area contributed by atoms with Gasteiger partial charge in [0.1, 0.15) is 0 Å². The van der Waals surface area contributed by atoms with Crippen LogP contribution < -0.4 is 34.9 Å². The van der Waals surface area contributed by atoms with Crippen molar-refractivity contribution < 1.29 is 43.1 Å². The van der Waals surface area contributed by atoms with Crippen LogP contribution in [0.1, 0.15) is 0 Å². The Hall–Kier alpha value is -0.460. The molecule has 1 aromatic rings. The smallest absolute Gasteiger partial charge is 0.768 e. The molecule has 0 radical (unpaired) electrons. The molecule has 0 spiro atoms. The van der Waals surface area contributed by atoms with E-state index in [1.165, 1.54) is 6.08 Å². The average Bonchev–Trinajstić information content (AvgIpc) is 2.30. The number of hydrogen-bond acceptors (Lipinski definition) is 3. The summed E-state index contributed by atoms with van der Waals surface area (Å²) in [4.78, 5) is 10.3. The summed E-state index contributed by atoms with van der Waals surface area (Å²) in [7, 11) is 1.56. The SMILES string of the molecule is C=CC(=O)NC.O=S([O-])c1ccccc1.[Na+]. The minimum atomic E-state index is -2.08. The van der Waals surface area contributed by atoms with E-state index in [0.717, 1.165) is 0 Å². The number of benzene rings is 1. The average molecular weight is 249 g/mol. The molecule has 4 nitrogen and oxygen atoms in total. The summed E-state index contributed by atoms with van der Waals surface area (Å²) in [6, 6.07) is 8.23. The molecule has 6 heteroatoms. The zero-order valence-electron chi connectivity index (χ0n) is 9.30. The van der Waals surface area contributed by atoms with Crippen molar-refractivity contribution in [2.75, 3.05) is 7.05 Å². The maximum absolute atomic E-state index is 10.2. The van der Waals surface area contributed by atoms with Gasteiger partial charge in [-0.25, -0.2) is 0 Å². The van der Waals surface area contributed by atoms with Crippen molar-refractivity contribution >= 4 is 17.0 Å². The fourth-order valence-electron chi connectivity index (χ4n) is 0.634. The summed E-state index contributed by atoms with van der Waals surface area (Å²) in [6.45, 7) is 3.22. The summed E-state index contributed by atoms with van der Waals surface area (Å²) < 4.78 is 20.4. The molecule has 0 heterocycles.